The molecule has 2 rings (SSSR count). The fourth-order valence-electron chi connectivity index (χ4n) is 1.54. The molecule has 1 aromatic heterocycles. The number of carbonyl (C=O) groups excluding carboxylic acids is 1. The molecule has 2 heteroatoms. The maximum atomic E-state index is 11.6. The van der Waals surface area contributed by atoms with E-state index >= 15 is 0 Å². The third kappa shape index (κ3) is 2.94. The van der Waals surface area contributed by atoms with E-state index in [0.717, 1.165) is 12.0 Å². The lowest BCUT2D eigenvalue weighted by Crippen LogP contribution is -1.90. The minimum atomic E-state index is -0.116. The van der Waals surface area contributed by atoms with Crippen LogP contribution < -0.4 is 0 Å². The van der Waals surface area contributed by atoms with E-state index in [-0.39, 0.29) is 5.78 Å². The molecule has 86 valence electrons. The molecule has 0 atom stereocenters. The van der Waals surface area contributed by atoms with Crippen LogP contribution in [-0.4, -0.2) is 5.78 Å². The average Bonchev–Trinajstić information content (AvgIpc) is 2.90. The molecule has 0 saturated carbocycles. The topological polar surface area (TPSA) is 30.2 Å². The van der Waals surface area contributed by atoms with Crippen molar-refractivity contribution in [3.8, 4) is 0 Å². The fraction of sp³-hybridized carbons (Fsp3) is 0.133. The molecule has 0 aliphatic carbocycles. The second kappa shape index (κ2) is 5.30. The summed E-state index contributed by atoms with van der Waals surface area (Å²) < 4.78 is 5.02. The van der Waals surface area contributed by atoms with Crippen molar-refractivity contribution in [1.29, 1.82) is 0 Å². The number of carbonyl (C=O) groups is 1. The van der Waals surface area contributed by atoms with Gasteiger partial charge in [-0.3, -0.25) is 4.79 Å². The Hall–Kier alpha value is -2.09. The Morgan fingerprint density at radius 1 is 1.24 bits per heavy atom. The first kappa shape index (κ1) is 11.4. The van der Waals surface area contributed by atoms with Crippen LogP contribution in [0, 0.1) is 0 Å². The van der Waals surface area contributed by atoms with Gasteiger partial charge in [0.05, 0.1) is 6.26 Å². The van der Waals surface area contributed by atoms with Crippen LogP contribution in [0.1, 0.15) is 28.6 Å². The summed E-state index contributed by atoms with van der Waals surface area (Å²) in [6.45, 7) is 2.12. The van der Waals surface area contributed by atoms with Crippen molar-refractivity contribution in [2.24, 2.45) is 0 Å². The number of hydrogen-bond donors (Lipinski definition) is 0. The summed E-state index contributed by atoms with van der Waals surface area (Å²) in [6.07, 6.45) is 5.84. The molecule has 0 aliphatic heterocycles. The Balaban J connectivity index is 2.07. The number of hydrogen-bond acceptors (Lipinski definition) is 2. The summed E-state index contributed by atoms with van der Waals surface area (Å²) in [7, 11) is 0. The summed E-state index contributed by atoms with van der Waals surface area (Å²) in [6, 6.07) is 11.5. The van der Waals surface area contributed by atoms with Gasteiger partial charge < -0.3 is 4.42 Å². The lowest BCUT2D eigenvalue weighted by atomic mass is 10.1. The third-order valence-corrected chi connectivity index (χ3v) is 2.58. The summed E-state index contributed by atoms with van der Waals surface area (Å²) in [5, 5.41) is 0. The Morgan fingerprint density at radius 3 is 2.59 bits per heavy atom. The number of furan rings is 1. The number of aryl methyl sites for hydroxylation is 1. The first-order chi connectivity index (χ1) is 8.29. The van der Waals surface area contributed by atoms with Crippen molar-refractivity contribution in [2.75, 3.05) is 0 Å². The number of ketones is 1. The van der Waals surface area contributed by atoms with Crippen molar-refractivity contribution < 1.29 is 9.21 Å². The van der Waals surface area contributed by atoms with Gasteiger partial charge in [0.25, 0.3) is 0 Å². The molecule has 2 aromatic rings. The second-order valence-electron chi connectivity index (χ2n) is 3.77. The summed E-state index contributed by atoms with van der Waals surface area (Å²) in [5.74, 6) is 0.251. The highest BCUT2D eigenvalue weighted by molar-refractivity contribution is 6.04. The number of allylic oxidation sites excluding steroid dienone is 1. The summed E-state index contributed by atoms with van der Waals surface area (Å²) >= 11 is 0. The molecule has 1 heterocycles. The first-order valence-electron chi connectivity index (χ1n) is 5.64. The van der Waals surface area contributed by atoms with Crippen molar-refractivity contribution >= 4 is 11.9 Å². The van der Waals surface area contributed by atoms with Crippen molar-refractivity contribution in [2.45, 2.75) is 13.3 Å². The standard InChI is InChI=1S/C15H14O2/c1-2-12-5-7-13(8-6-12)9-10-14(16)15-4-3-11-17-15/h3-11H,2H2,1H3/b10-9+. The van der Waals surface area contributed by atoms with Crippen LogP contribution in [0.25, 0.3) is 6.08 Å². The zero-order chi connectivity index (χ0) is 12.1. The predicted octanol–water partition coefficient (Wildman–Crippen LogP) is 3.74. The van der Waals surface area contributed by atoms with Gasteiger partial charge in [-0.15, -0.1) is 0 Å². The van der Waals surface area contributed by atoms with Crippen LogP contribution >= 0.6 is 0 Å². The van der Waals surface area contributed by atoms with Crippen molar-refractivity contribution in [3.05, 3.63) is 65.6 Å². The molecule has 0 amide bonds. The highest BCUT2D eigenvalue weighted by Crippen LogP contribution is 2.08. The van der Waals surface area contributed by atoms with Gasteiger partial charge in [-0.2, -0.15) is 0 Å². The zero-order valence-electron chi connectivity index (χ0n) is 9.72. The molecule has 0 spiro atoms. The highest BCUT2D eigenvalue weighted by Gasteiger charge is 2.03. The minimum Gasteiger partial charge on any atom is -0.461 e. The van der Waals surface area contributed by atoms with E-state index in [1.807, 2.05) is 12.1 Å². The first-order valence-corrected chi connectivity index (χ1v) is 5.64. The molecule has 0 unspecified atom stereocenters. The van der Waals surface area contributed by atoms with E-state index < -0.39 is 0 Å². The monoisotopic (exact) mass is 226 g/mol. The normalized spacial score (nSPS) is 10.9. The van der Waals surface area contributed by atoms with Crippen molar-refractivity contribution in [1.82, 2.24) is 0 Å². The van der Waals surface area contributed by atoms with Gasteiger partial charge in [0, 0.05) is 0 Å². The number of benzene rings is 1. The molecule has 0 radical (unpaired) electrons. The molecule has 0 N–H and O–H groups in total. The van der Waals surface area contributed by atoms with Crippen LogP contribution in [0.5, 0.6) is 0 Å². The molecular weight excluding hydrogens is 212 g/mol. The zero-order valence-corrected chi connectivity index (χ0v) is 9.72. The van der Waals surface area contributed by atoms with E-state index in [4.69, 9.17) is 4.42 Å². The van der Waals surface area contributed by atoms with Gasteiger partial charge >= 0.3 is 0 Å². The Bertz CT molecular complexity index is 504. The molecule has 2 nitrogen and oxygen atoms in total. The molecule has 0 bridgehead atoms. The maximum Gasteiger partial charge on any atom is 0.221 e. The molecular formula is C15H14O2. The van der Waals surface area contributed by atoms with Crippen molar-refractivity contribution in [3.63, 3.8) is 0 Å². The van der Waals surface area contributed by atoms with Crippen LogP contribution in [0.3, 0.4) is 0 Å². The molecule has 1 aromatic carbocycles. The van der Waals surface area contributed by atoms with Gasteiger partial charge in [0.15, 0.2) is 5.76 Å². The SMILES string of the molecule is CCc1ccc(/C=C/C(=O)c2ccco2)cc1. The van der Waals surface area contributed by atoms with E-state index in [0.29, 0.717) is 5.76 Å². The lowest BCUT2D eigenvalue weighted by Gasteiger charge is -1.96. The molecule has 17 heavy (non-hydrogen) atoms. The van der Waals surface area contributed by atoms with Gasteiger partial charge in [-0.25, -0.2) is 0 Å². The van der Waals surface area contributed by atoms with Gasteiger partial charge in [0.1, 0.15) is 0 Å². The smallest absolute Gasteiger partial charge is 0.221 e. The summed E-state index contributed by atoms with van der Waals surface area (Å²) in [4.78, 5) is 11.6. The quantitative estimate of drug-likeness (QED) is 0.587. The predicted molar refractivity (Wildman–Crippen MR) is 67.9 cm³/mol. The molecule has 0 saturated heterocycles. The average molecular weight is 226 g/mol. The van der Waals surface area contributed by atoms with Crippen LogP contribution in [0.2, 0.25) is 0 Å². The largest absolute Gasteiger partial charge is 0.461 e. The van der Waals surface area contributed by atoms with Gasteiger partial charge in [-0.1, -0.05) is 37.3 Å². The van der Waals surface area contributed by atoms with E-state index in [1.165, 1.54) is 17.9 Å². The van der Waals surface area contributed by atoms with Crippen LogP contribution in [0.4, 0.5) is 0 Å². The van der Waals surface area contributed by atoms with E-state index in [1.54, 1.807) is 18.2 Å². The van der Waals surface area contributed by atoms with E-state index in [9.17, 15) is 4.79 Å². The Labute approximate surface area is 101 Å². The fourth-order valence-corrected chi connectivity index (χ4v) is 1.54. The molecule has 0 fully saturated rings. The van der Waals surface area contributed by atoms with Crippen LogP contribution in [0.15, 0.2) is 53.2 Å². The highest BCUT2D eigenvalue weighted by atomic mass is 16.3. The third-order valence-electron chi connectivity index (χ3n) is 2.58. The van der Waals surface area contributed by atoms with Gasteiger partial charge in [-0.05, 0) is 35.8 Å². The summed E-state index contributed by atoms with van der Waals surface area (Å²) in [5.41, 5.74) is 2.31. The lowest BCUT2D eigenvalue weighted by molar-refractivity contribution is 0.102. The Morgan fingerprint density at radius 2 is 2.00 bits per heavy atom. The van der Waals surface area contributed by atoms with E-state index in [2.05, 4.69) is 19.1 Å². The molecule has 0 aliphatic rings. The van der Waals surface area contributed by atoms with Gasteiger partial charge in [0.2, 0.25) is 5.78 Å². The Kier molecular flexibility index (Phi) is 3.55. The van der Waals surface area contributed by atoms with Crippen LogP contribution in [-0.2, 0) is 6.42 Å². The maximum absolute atomic E-state index is 11.6. The minimum absolute atomic E-state index is 0.116. The second-order valence-corrected chi connectivity index (χ2v) is 3.77. The number of rotatable bonds is 4.